The van der Waals surface area contributed by atoms with Gasteiger partial charge in [0.15, 0.2) is 0 Å². The van der Waals surface area contributed by atoms with Gasteiger partial charge < -0.3 is 23.8 Å². The number of carbonyl (C=O) groups excluding carboxylic acids is 2. The van der Waals surface area contributed by atoms with Gasteiger partial charge in [0.25, 0.3) is 0 Å². The van der Waals surface area contributed by atoms with Crippen LogP contribution in [0.2, 0.25) is 0 Å². The Kier molecular flexibility index (Phi) is 7.76. The summed E-state index contributed by atoms with van der Waals surface area (Å²) in [4.78, 5) is 26.3. The van der Waals surface area contributed by atoms with E-state index in [1.54, 1.807) is 19.1 Å². The number of methoxy groups -OCH3 is 2. The number of esters is 1. The van der Waals surface area contributed by atoms with Gasteiger partial charge in [0.1, 0.15) is 18.1 Å². The van der Waals surface area contributed by atoms with E-state index in [4.69, 9.17) is 18.9 Å². The van der Waals surface area contributed by atoms with Crippen molar-refractivity contribution in [3.8, 4) is 11.5 Å². The Morgan fingerprint density at radius 3 is 2.32 bits per heavy atom. The number of benzene rings is 2. The summed E-state index contributed by atoms with van der Waals surface area (Å²) in [6, 6.07) is 13.3. The highest BCUT2D eigenvalue weighted by Crippen LogP contribution is 2.29. The van der Waals surface area contributed by atoms with Gasteiger partial charge in [0.05, 0.1) is 26.7 Å². The summed E-state index contributed by atoms with van der Waals surface area (Å²) in [5, 5.41) is 0. The smallest absolute Gasteiger partial charge is 0.410 e. The van der Waals surface area contributed by atoms with Crippen LogP contribution in [-0.4, -0.2) is 50.9 Å². The van der Waals surface area contributed by atoms with Gasteiger partial charge in [-0.25, -0.2) is 4.79 Å². The molecular formula is C24H29NO6. The third-order valence-electron chi connectivity index (χ3n) is 5.43. The van der Waals surface area contributed by atoms with E-state index in [2.05, 4.69) is 0 Å². The van der Waals surface area contributed by atoms with Gasteiger partial charge in [0.2, 0.25) is 0 Å². The summed E-state index contributed by atoms with van der Waals surface area (Å²) in [5.41, 5.74) is 2.82. The number of carbonyl (C=O) groups is 2. The quantitative estimate of drug-likeness (QED) is 0.598. The maximum Gasteiger partial charge on any atom is 0.410 e. The predicted octanol–water partition coefficient (Wildman–Crippen LogP) is 3.76. The molecule has 0 radical (unpaired) electrons. The average Bonchev–Trinajstić information content (AvgIpc) is 3.29. The Bertz CT molecular complexity index is 873. The summed E-state index contributed by atoms with van der Waals surface area (Å²) in [6.07, 6.45) is 0.720. The Hall–Kier alpha value is -3.22. The van der Waals surface area contributed by atoms with Crippen molar-refractivity contribution in [1.29, 1.82) is 0 Å². The first-order valence-corrected chi connectivity index (χ1v) is 10.4. The third kappa shape index (κ3) is 5.90. The molecule has 1 aliphatic heterocycles. The first-order valence-electron chi connectivity index (χ1n) is 10.4. The lowest BCUT2D eigenvalue weighted by molar-refractivity contribution is -0.147. The van der Waals surface area contributed by atoms with Crippen LogP contribution in [0.5, 0.6) is 11.5 Å². The number of hydrogen-bond acceptors (Lipinski definition) is 6. The van der Waals surface area contributed by atoms with E-state index in [1.807, 2.05) is 49.4 Å². The van der Waals surface area contributed by atoms with Crippen LogP contribution in [0, 0.1) is 12.8 Å². The zero-order chi connectivity index (χ0) is 22.2. The molecule has 0 N–H and O–H groups in total. The standard InChI is InChI=1S/C24H29NO6/c1-17-21(28-2)13-19(14-22(17)29-3)10-12-30-23(26)20-9-11-25(15-20)24(27)31-16-18-7-5-4-6-8-18/h4-8,13-14,20H,9-12,15-16H2,1-3H3. The molecule has 0 aromatic heterocycles. The molecule has 1 atom stereocenters. The molecule has 0 saturated carbocycles. The second-order valence-corrected chi connectivity index (χ2v) is 7.51. The lowest BCUT2D eigenvalue weighted by Crippen LogP contribution is -2.31. The second kappa shape index (κ2) is 10.7. The molecule has 166 valence electrons. The zero-order valence-electron chi connectivity index (χ0n) is 18.3. The fraction of sp³-hybridized carbons (Fsp3) is 0.417. The highest BCUT2D eigenvalue weighted by molar-refractivity contribution is 5.75. The van der Waals surface area contributed by atoms with Gasteiger partial charge in [-0.15, -0.1) is 0 Å². The van der Waals surface area contributed by atoms with Crippen molar-refractivity contribution in [2.45, 2.75) is 26.4 Å². The summed E-state index contributed by atoms with van der Waals surface area (Å²) in [5.74, 6) is 0.859. The average molecular weight is 427 g/mol. The number of nitrogens with zero attached hydrogens (tertiary/aromatic N) is 1. The molecular weight excluding hydrogens is 398 g/mol. The maximum atomic E-state index is 12.4. The highest BCUT2D eigenvalue weighted by Gasteiger charge is 2.32. The minimum absolute atomic E-state index is 0.217. The Morgan fingerprint density at radius 2 is 1.68 bits per heavy atom. The van der Waals surface area contributed by atoms with E-state index in [9.17, 15) is 9.59 Å². The predicted molar refractivity (Wildman–Crippen MR) is 115 cm³/mol. The Balaban J connectivity index is 1.44. The van der Waals surface area contributed by atoms with Crippen LogP contribution in [0.15, 0.2) is 42.5 Å². The van der Waals surface area contributed by atoms with Crippen LogP contribution < -0.4 is 9.47 Å². The normalized spacial score (nSPS) is 15.5. The van der Waals surface area contributed by atoms with Crippen LogP contribution in [-0.2, 0) is 27.3 Å². The highest BCUT2D eigenvalue weighted by atomic mass is 16.6. The maximum absolute atomic E-state index is 12.4. The Labute approximate surface area is 182 Å². The summed E-state index contributed by atoms with van der Waals surface area (Å²) >= 11 is 0. The number of rotatable bonds is 8. The van der Waals surface area contributed by atoms with Gasteiger partial charge in [-0.2, -0.15) is 0 Å². The molecule has 7 heteroatoms. The number of ether oxygens (including phenoxy) is 4. The zero-order valence-corrected chi connectivity index (χ0v) is 18.3. The molecule has 0 aliphatic carbocycles. The van der Waals surface area contributed by atoms with Crippen molar-refractivity contribution >= 4 is 12.1 Å². The Morgan fingerprint density at radius 1 is 1.00 bits per heavy atom. The van der Waals surface area contributed by atoms with E-state index in [-0.39, 0.29) is 25.1 Å². The molecule has 1 aliphatic rings. The molecule has 1 amide bonds. The summed E-state index contributed by atoms with van der Waals surface area (Å²) in [7, 11) is 3.23. The molecule has 0 bridgehead atoms. The minimum atomic E-state index is -0.405. The minimum Gasteiger partial charge on any atom is -0.496 e. The van der Waals surface area contributed by atoms with Gasteiger partial charge in [-0.3, -0.25) is 4.79 Å². The van der Waals surface area contributed by atoms with Crippen LogP contribution >= 0.6 is 0 Å². The van der Waals surface area contributed by atoms with E-state index >= 15 is 0 Å². The van der Waals surface area contributed by atoms with Crippen LogP contribution in [0.1, 0.15) is 23.1 Å². The van der Waals surface area contributed by atoms with Crippen molar-refractivity contribution in [3.63, 3.8) is 0 Å². The number of likely N-dealkylation sites (tertiary alicyclic amines) is 1. The topological polar surface area (TPSA) is 74.3 Å². The first-order chi connectivity index (χ1) is 15.0. The van der Waals surface area contributed by atoms with Crippen molar-refractivity contribution in [1.82, 2.24) is 4.90 Å². The third-order valence-corrected chi connectivity index (χ3v) is 5.43. The number of amides is 1. The molecule has 2 aromatic rings. The molecule has 0 spiro atoms. The number of hydrogen-bond donors (Lipinski definition) is 0. The molecule has 7 nitrogen and oxygen atoms in total. The first kappa shape index (κ1) is 22.5. The molecule has 1 heterocycles. The lowest BCUT2D eigenvalue weighted by Gasteiger charge is -2.16. The van der Waals surface area contributed by atoms with Gasteiger partial charge in [-0.05, 0) is 36.6 Å². The van der Waals surface area contributed by atoms with Gasteiger partial charge >= 0.3 is 12.1 Å². The molecule has 1 fully saturated rings. The lowest BCUT2D eigenvalue weighted by atomic mass is 10.1. The fourth-order valence-corrected chi connectivity index (χ4v) is 3.60. The molecule has 3 rings (SSSR count). The largest absolute Gasteiger partial charge is 0.496 e. The fourth-order valence-electron chi connectivity index (χ4n) is 3.60. The van der Waals surface area contributed by atoms with Crippen molar-refractivity contribution in [2.75, 3.05) is 33.9 Å². The van der Waals surface area contributed by atoms with E-state index < -0.39 is 6.09 Å². The molecule has 1 saturated heterocycles. The van der Waals surface area contributed by atoms with Crippen LogP contribution in [0.4, 0.5) is 4.79 Å². The van der Waals surface area contributed by atoms with Crippen LogP contribution in [0.25, 0.3) is 0 Å². The summed E-state index contributed by atoms with van der Waals surface area (Å²) in [6.45, 7) is 3.20. The van der Waals surface area contributed by atoms with Gasteiger partial charge in [0, 0.05) is 25.1 Å². The molecule has 2 aromatic carbocycles. The van der Waals surface area contributed by atoms with Crippen molar-refractivity contribution < 1.29 is 28.5 Å². The van der Waals surface area contributed by atoms with Crippen molar-refractivity contribution in [2.24, 2.45) is 5.92 Å². The van der Waals surface area contributed by atoms with E-state index in [1.165, 1.54) is 0 Å². The van der Waals surface area contributed by atoms with Crippen LogP contribution in [0.3, 0.4) is 0 Å². The monoisotopic (exact) mass is 427 g/mol. The van der Waals surface area contributed by atoms with E-state index in [0.29, 0.717) is 25.9 Å². The second-order valence-electron chi connectivity index (χ2n) is 7.51. The molecule has 1 unspecified atom stereocenters. The van der Waals surface area contributed by atoms with Gasteiger partial charge in [-0.1, -0.05) is 30.3 Å². The van der Waals surface area contributed by atoms with Crippen molar-refractivity contribution in [3.05, 3.63) is 59.2 Å². The SMILES string of the molecule is COc1cc(CCOC(=O)C2CCN(C(=O)OCc3ccccc3)C2)cc(OC)c1C. The van der Waals surface area contributed by atoms with E-state index in [0.717, 1.165) is 28.2 Å². The molecule has 31 heavy (non-hydrogen) atoms. The summed E-state index contributed by atoms with van der Waals surface area (Å²) < 4.78 is 21.6.